The smallest absolute Gasteiger partial charge is 0.316 e. The number of carbonyl (C=O) groups is 4. The van der Waals surface area contributed by atoms with Crippen LogP contribution in [0.25, 0.3) is 0 Å². The van der Waals surface area contributed by atoms with E-state index < -0.39 is 11.9 Å². The minimum absolute atomic E-state index is 0.0467. The summed E-state index contributed by atoms with van der Waals surface area (Å²) in [5.74, 6) is -2.05. The highest BCUT2D eigenvalue weighted by atomic mass is 79.9. The van der Waals surface area contributed by atoms with Gasteiger partial charge in [0.05, 0.1) is 23.4 Å². The molecule has 3 amide bonds. The molecule has 1 saturated carbocycles. The first kappa shape index (κ1) is 25.4. The third-order valence-electron chi connectivity index (χ3n) is 7.12. The highest BCUT2D eigenvalue weighted by Gasteiger charge is 2.52. The van der Waals surface area contributed by atoms with Crippen LogP contribution in [-0.4, -0.2) is 39.9 Å². The quantitative estimate of drug-likeness (QED) is 0.203. The number of hydrogen-bond donors (Lipinski definition) is 0. The van der Waals surface area contributed by atoms with Crippen LogP contribution in [0.2, 0.25) is 5.02 Å². The van der Waals surface area contributed by atoms with Gasteiger partial charge in [-0.2, -0.15) is 0 Å². The lowest BCUT2D eigenvalue weighted by molar-refractivity contribution is -0.139. The molecular formula is C26H23Br2ClN2O5. The van der Waals surface area contributed by atoms with Crippen molar-refractivity contribution in [2.24, 2.45) is 17.8 Å². The highest BCUT2D eigenvalue weighted by Crippen LogP contribution is 2.45. The van der Waals surface area contributed by atoms with E-state index in [0.717, 1.165) is 0 Å². The summed E-state index contributed by atoms with van der Waals surface area (Å²) >= 11 is 13.2. The van der Waals surface area contributed by atoms with Crippen LogP contribution in [0, 0.1) is 24.7 Å². The number of rotatable bonds is 4. The van der Waals surface area contributed by atoms with Gasteiger partial charge in [0.2, 0.25) is 17.7 Å². The minimum Gasteiger partial charge on any atom is -0.426 e. The molecule has 0 aromatic heterocycles. The molecule has 3 aliphatic rings. The topological polar surface area (TPSA) is 84.0 Å². The molecule has 0 radical (unpaired) electrons. The molecule has 0 N–H and O–H groups in total. The molecule has 5 atom stereocenters. The molecule has 0 bridgehead atoms. The molecule has 10 heteroatoms. The van der Waals surface area contributed by atoms with E-state index in [9.17, 15) is 19.2 Å². The second-order valence-electron chi connectivity index (χ2n) is 9.48. The fourth-order valence-electron chi connectivity index (χ4n) is 5.23. The second kappa shape index (κ2) is 9.91. The zero-order valence-corrected chi connectivity index (χ0v) is 23.3. The summed E-state index contributed by atoms with van der Waals surface area (Å²) < 4.78 is 5.58. The predicted octanol–water partition coefficient (Wildman–Crippen LogP) is 5.03. The fourth-order valence-corrected chi connectivity index (χ4v) is 6.66. The average molecular weight is 639 g/mol. The Bertz CT molecular complexity index is 1240. The number of esters is 1. The molecule has 2 aliphatic heterocycles. The number of fused-ring (bicyclic) bond motifs is 1. The summed E-state index contributed by atoms with van der Waals surface area (Å²) in [6.45, 7) is 1.98. The molecule has 2 heterocycles. The molecule has 2 aromatic rings. The predicted molar refractivity (Wildman–Crippen MR) is 143 cm³/mol. The fraction of sp³-hybridized carbons (Fsp3) is 0.385. The number of carbonyl (C=O) groups excluding carboxylic acids is 4. The van der Waals surface area contributed by atoms with E-state index in [4.69, 9.17) is 16.3 Å². The summed E-state index contributed by atoms with van der Waals surface area (Å²) in [4.78, 5) is 54.7. The Morgan fingerprint density at radius 1 is 1.00 bits per heavy atom. The van der Waals surface area contributed by atoms with Crippen LogP contribution < -0.4 is 14.5 Å². The average Bonchev–Trinajstić information content (AvgIpc) is 3.33. The molecule has 7 nitrogen and oxygen atoms in total. The van der Waals surface area contributed by atoms with Crippen molar-refractivity contribution in [1.82, 2.24) is 0 Å². The Kier molecular flexibility index (Phi) is 7.00. The molecule has 3 fully saturated rings. The summed E-state index contributed by atoms with van der Waals surface area (Å²) in [7, 11) is 0. The number of halogens is 3. The van der Waals surface area contributed by atoms with E-state index in [2.05, 4.69) is 31.9 Å². The molecule has 0 unspecified atom stereocenters. The van der Waals surface area contributed by atoms with Crippen LogP contribution in [0.4, 0.5) is 11.4 Å². The van der Waals surface area contributed by atoms with Crippen LogP contribution in [-0.2, 0) is 19.2 Å². The number of aryl methyl sites for hydroxylation is 1. The van der Waals surface area contributed by atoms with Crippen LogP contribution >= 0.6 is 43.5 Å². The van der Waals surface area contributed by atoms with Gasteiger partial charge in [-0.1, -0.05) is 49.5 Å². The molecule has 2 saturated heterocycles. The van der Waals surface area contributed by atoms with Crippen LogP contribution in [0.3, 0.4) is 0 Å². The molecule has 0 spiro atoms. The first-order chi connectivity index (χ1) is 17.1. The number of hydrogen-bond acceptors (Lipinski definition) is 5. The lowest BCUT2D eigenvalue weighted by Gasteiger charge is -2.29. The lowest BCUT2D eigenvalue weighted by Crippen LogP contribution is -2.34. The number of nitrogens with zero attached hydrogens (tertiary/aromatic N) is 2. The SMILES string of the molecule is Cc1cc(OC(=O)[C@@H]2CC(=O)N(c3cccc(Cl)c3)C2)ccc1N1C(=O)[C@@H]2C[C@H](Br)[C@@H](Br)C[C@H]2C1=O. The van der Waals surface area contributed by atoms with Crippen molar-refractivity contribution in [3.63, 3.8) is 0 Å². The first-order valence-electron chi connectivity index (χ1n) is 11.7. The van der Waals surface area contributed by atoms with Crippen molar-refractivity contribution in [1.29, 1.82) is 0 Å². The Morgan fingerprint density at radius 2 is 1.67 bits per heavy atom. The summed E-state index contributed by atoms with van der Waals surface area (Å²) in [5.41, 5.74) is 1.79. The maximum absolute atomic E-state index is 13.1. The molecule has 36 heavy (non-hydrogen) atoms. The Morgan fingerprint density at radius 3 is 2.28 bits per heavy atom. The zero-order valence-electron chi connectivity index (χ0n) is 19.3. The maximum Gasteiger partial charge on any atom is 0.316 e. The lowest BCUT2D eigenvalue weighted by atomic mass is 9.81. The van der Waals surface area contributed by atoms with Gasteiger partial charge in [-0.3, -0.25) is 19.2 Å². The van der Waals surface area contributed by atoms with Crippen LogP contribution in [0.15, 0.2) is 42.5 Å². The summed E-state index contributed by atoms with van der Waals surface area (Å²) in [5, 5.41) is 0.509. The number of amides is 3. The third kappa shape index (κ3) is 4.61. The zero-order chi connectivity index (χ0) is 25.7. The Labute approximate surface area is 230 Å². The monoisotopic (exact) mass is 636 g/mol. The Hall–Kier alpha value is -2.23. The molecule has 188 valence electrons. The minimum atomic E-state index is -0.615. The molecule has 1 aliphatic carbocycles. The van der Waals surface area contributed by atoms with Gasteiger partial charge < -0.3 is 9.64 Å². The number of benzene rings is 2. The normalized spacial score (nSPS) is 28.0. The van der Waals surface area contributed by atoms with Gasteiger partial charge in [-0.25, -0.2) is 4.90 Å². The van der Waals surface area contributed by atoms with Crippen molar-refractivity contribution in [2.75, 3.05) is 16.3 Å². The molecular weight excluding hydrogens is 616 g/mol. The van der Waals surface area contributed by atoms with E-state index in [1.165, 1.54) is 9.80 Å². The number of ether oxygens (including phenoxy) is 1. The van der Waals surface area contributed by atoms with Crippen molar-refractivity contribution < 1.29 is 23.9 Å². The van der Waals surface area contributed by atoms with Gasteiger partial charge in [-0.15, -0.1) is 0 Å². The van der Waals surface area contributed by atoms with Gasteiger partial charge in [0, 0.05) is 33.3 Å². The third-order valence-corrected chi connectivity index (χ3v) is 10.1. The second-order valence-corrected chi connectivity index (χ2v) is 12.3. The van der Waals surface area contributed by atoms with E-state index in [1.807, 2.05) is 0 Å². The first-order valence-corrected chi connectivity index (χ1v) is 13.9. The standard InChI is InChI=1S/C26H23Br2ClN2O5/c1-13-7-17(36-26(35)14-8-23(32)30(12-14)16-4-2-3-15(29)9-16)5-6-22(13)31-24(33)18-10-20(27)21(28)11-19(18)25(31)34/h2-7,9,14,18-21H,8,10-12H2,1H3/t14-,18-,19-,20+,21+/m1/s1. The number of imide groups is 1. The van der Waals surface area contributed by atoms with Gasteiger partial charge >= 0.3 is 5.97 Å². The number of anilines is 2. The summed E-state index contributed by atoms with van der Waals surface area (Å²) in [6, 6.07) is 11.8. The maximum atomic E-state index is 13.1. The van der Waals surface area contributed by atoms with E-state index in [1.54, 1.807) is 49.4 Å². The van der Waals surface area contributed by atoms with Crippen molar-refractivity contribution in [3.05, 3.63) is 53.1 Å². The van der Waals surface area contributed by atoms with Crippen molar-refractivity contribution >= 4 is 78.5 Å². The highest BCUT2D eigenvalue weighted by molar-refractivity contribution is 9.12. The van der Waals surface area contributed by atoms with Crippen molar-refractivity contribution in [2.45, 2.75) is 35.8 Å². The van der Waals surface area contributed by atoms with Gasteiger partial charge in [0.1, 0.15) is 5.75 Å². The summed E-state index contributed by atoms with van der Waals surface area (Å²) in [6.07, 6.45) is 1.25. The van der Waals surface area contributed by atoms with Gasteiger partial charge in [-0.05, 0) is 61.7 Å². The molecule has 5 rings (SSSR count). The van der Waals surface area contributed by atoms with E-state index in [-0.39, 0.29) is 52.2 Å². The molecule has 2 aromatic carbocycles. The largest absolute Gasteiger partial charge is 0.426 e. The van der Waals surface area contributed by atoms with Crippen LogP contribution in [0.1, 0.15) is 24.8 Å². The number of alkyl halides is 2. The van der Waals surface area contributed by atoms with Gasteiger partial charge in [0.15, 0.2) is 0 Å². The van der Waals surface area contributed by atoms with E-state index >= 15 is 0 Å². The van der Waals surface area contributed by atoms with Gasteiger partial charge in [0.25, 0.3) is 0 Å². The van der Waals surface area contributed by atoms with Crippen LogP contribution in [0.5, 0.6) is 5.75 Å². The Balaban J connectivity index is 1.28. The van der Waals surface area contributed by atoms with Crippen molar-refractivity contribution in [3.8, 4) is 5.75 Å². The van der Waals surface area contributed by atoms with E-state index in [0.29, 0.717) is 40.6 Å².